The molecule has 0 spiro atoms. The lowest BCUT2D eigenvalue weighted by Gasteiger charge is -2.23. The third-order valence-electron chi connectivity index (χ3n) is 3.59. The molecular weight excluding hydrogens is 210 g/mol. The summed E-state index contributed by atoms with van der Waals surface area (Å²) in [4.78, 5) is 4.28. The first-order valence-corrected chi connectivity index (χ1v) is 6.42. The van der Waals surface area contributed by atoms with Gasteiger partial charge < -0.3 is 5.32 Å². The first-order chi connectivity index (χ1) is 8.29. The van der Waals surface area contributed by atoms with Crippen LogP contribution < -0.4 is 5.32 Å². The van der Waals surface area contributed by atoms with Crippen molar-refractivity contribution in [2.24, 2.45) is 5.92 Å². The van der Waals surface area contributed by atoms with Crippen molar-refractivity contribution in [1.82, 2.24) is 4.98 Å². The van der Waals surface area contributed by atoms with Crippen molar-refractivity contribution in [1.29, 1.82) is 5.26 Å². The predicted molar refractivity (Wildman–Crippen MR) is 68.6 cm³/mol. The van der Waals surface area contributed by atoms with Crippen molar-refractivity contribution in [2.45, 2.75) is 45.1 Å². The maximum atomic E-state index is 8.72. The Hall–Kier alpha value is -1.56. The summed E-state index contributed by atoms with van der Waals surface area (Å²) in [7, 11) is 0. The first-order valence-electron chi connectivity index (χ1n) is 6.42. The maximum absolute atomic E-state index is 8.72. The zero-order chi connectivity index (χ0) is 12.1. The summed E-state index contributed by atoms with van der Waals surface area (Å²) in [6.45, 7) is 2.31. The molecule has 1 heterocycles. The van der Waals surface area contributed by atoms with E-state index in [0.29, 0.717) is 17.5 Å². The SMILES string of the molecule is CC1CCCCCC1Nc1ccc(C#N)cn1. The minimum atomic E-state index is 0.526. The van der Waals surface area contributed by atoms with Crippen LogP contribution in [0, 0.1) is 17.2 Å². The Kier molecular flexibility index (Phi) is 3.98. The summed E-state index contributed by atoms with van der Waals surface area (Å²) in [6, 6.07) is 6.33. The fourth-order valence-electron chi connectivity index (χ4n) is 2.44. The molecule has 0 aromatic carbocycles. The highest BCUT2D eigenvalue weighted by molar-refractivity contribution is 5.39. The Morgan fingerprint density at radius 1 is 1.29 bits per heavy atom. The number of nitrogens with one attached hydrogen (secondary N) is 1. The number of nitriles is 1. The van der Waals surface area contributed by atoms with Gasteiger partial charge in [0.1, 0.15) is 11.9 Å². The Morgan fingerprint density at radius 2 is 2.12 bits per heavy atom. The molecule has 1 aliphatic rings. The van der Waals surface area contributed by atoms with Crippen LogP contribution in [0.4, 0.5) is 5.82 Å². The molecule has 3 nitrogen and oxygen atoms in total. The number of nitrogens with zero attached hydrogens (tertiary/aromatic N) is 2. The van der Waals surface area contributed by atoms with Crippen molar-refractivity contribution >= 4 is 5.82 Å². The molecular formula is C14H19N3. The number of rotatable bonds is 2. The number of hydrogen-bond donors (Lipinski definition) is 1. The van der Waals surface area contributed by atoms with Crippen molar-refractivity contribution in [3.63, 3.8) is 0 Å². The van der Waals surface area contributed by atoms with E-state index in [2.05, 4.69) is 23.3 Å². The average Bonchev–Trinajstić information content (AvgIpc) is 2.56. The summed E-state index contributed by atoms with van der Waals surface area (Å²) >= 11 is 0. The van der Waals surface area contributed by atoms with Crippen LogP contribution in [-0.2, 0) is 0 Å². The zero-order valence-electron chi connectivity index (χ0n) is 10.3. The van der Waals surface area contributed by atoms with Crippen molar-refractivity contribution in [3.8, 4) is 6.07 Å². The van der Waals surface area contributed by atoms with E-state index >= 15 is 0 Å². The lowest BCUT2D eigenvalue weighted by Crippen LogP contribution is -2.26. The Labute approximate surface area is 103 Å². The van der Waals surface area contributed by atoms with Crippen LogP contribution in [0.15, 0.2) is 18.3 Å². The lowest BCUT2D eigenvalue weighted by atomic mass is 9.97. The van der Waals surface area contributed by atoms with Crippen LogP contribution >= 0.6 is 0 Å². The molecule has 3 heteroatoms. The van der Waals surface area contributed by atoms with Gasteiger partial charge in [0.05, 0.1) is 5.56 Å². The maximum Gasteiger partial charge on any atom is 0.126 e. The van der Waals surface area contributed by atoms with E-state index in [0.717, 1.165) is 5.82 Å². The van der Waals surface area contributed by atoms with Gasteiger partial charge in [-0.3, -0.25) is 0 Å². The van der Waals surface area contributed by atoms with E-state index in [1.54, 1.807) is 6.20 Å². The standard InChI is InChI=1S/C14H19N3/c1-11-5-3-2-4-6-13(11)17-14-8-7-12(9-15)10-16-14/h7-8,10-11,13H,2-6H2,1H3,(H,16,17). The van der Waals surface area contributed by atoms with E-state index < -0.39 is 0 Å². The van der Waals surface area contributed by atoms with Gasteiger partial charge in [-0.15, -0.1) is 0 Å². The van der Waals surface area contributed by atoms with Crippen LogP contribution in [0.2, 0.25) is 0 Å². The van der Waals surface area contributed by atoms with E-state index in [-0.39, 0.29) is 0 Å². The predicted octanol–water partition coefficient (Wildman–Crippen LogP) is 3.33. The van der Waals surface area contributed by atoms with Gasteiger partial charge in [-0.25, -0.2) is 4.98 Å². The van der Waals surface area contributed by atoms with E-state index in [4.69, 9.17) is 5.26 Å². The van der Waals surface area contributed by atoms with Crippen molar-refractivity contribution in [3.05, 3.63) is 23.9 Å². The second-order valence-corrected chi connectivity index (χ2v) is 4.91. The molecule has 0 bridgehead atoms. The Bertz CT molecular complexity index is 391. The molecule has 1 saturated carbocycles. The molecule has 17 heavy (non-hydrogen) atoms. The van der Waals surface area contributed by atoms with Crippen LogP contribution in [0.1, 0.15) is 44.6 Å². The summed E-state index contributed by atoms with van der Waals surface area (Å²) in [5.41, 5.74) is 0.615. The molecule has 90 valence electrons. The molecule has 0 aliphatic heterocycles. The highest BCUT2D eigenvalue weighted by Crippen LogP contribution is 2.25. The molecule has 0 amide bonds. The summed E-state index contributed by atoms with van der Waals surface area (Å²) in [5, 5.41) is 12.2. The fraction of sp³-hybridized carbons (Fsp3) is 0.571. The van der Waals surface area contributed by atoms with Crippen LogP contribution in [0.5, 0.6) is 0 Å². The Balaban J connectivity index is 2.01. The first kappa shape index (κ1) is 11.9. The highest BCUT2D eigenvalue weighted by atomic mass is 15.0. The molecule has 2 unspecified atom stereocenters. The molecule has 1 aliphatic carbocycles. The number of aromatic nitrogens is 1. The number of pyridine rings is 1. The fourth-order valence-corrected chi connectivity index (χ4v) is 2.44. The van der Waals surface area contributed by atoms with Gasteiger partial charge >= 0.3 is 0 Å². The molecule has 1 fully saturated rings. The topological polar surface area (TPSA) is 48.7 Å². The van der Waals surface area contributed by atoms with E-state index in [1.165, 1.54) is 32.1 Å². The lowest BCUT2D eigenvalue weighted by molar-refractivity contribution is 0.455. The summed E-state index contributed by atoms with van der Waals surface area (Å²) < 4.78 is 0. The zero-order valence-corrected chi connectivity index (χ0v) is 10.3. The molecule has 0 radical (unpaired) electrons. The van der Waals surface area contributed by atoms with Gasteiger partial charge in [0.25, 0.3) is 0 Å². The second-order valence-electron chi connectivity index (χ2n) is 4.91. The average molecular weight is 229 g/mol. The highest BCUT2D eigenvalue weighted by Gasteiger charge is 2.19. The molecule has 1 aromatic rings. The largest absolute Gasteiger partial charge is 0.367 e. The van der Waals surface area contributed by atoms with Gasteiger partial charge in [-0.2, -0.15) is 5.26 Å². The van der Waals surface area contributed by atoms with Gasteiger partial charge in [-0.05, 0) is 30.9 Å². The van der Waals surface area contributed by atoms with Crippen molar-refractivity contribution in [2.75, 3.05) is 5.32 Å². The van der Waals surface area contributed by atoms with Gasteiger partial charge in [-0.1, -0.05) is 26.2 Å². The molecule has 2 atom stereocenters. The smallest absolute Gasteiger partial charge is 0.126 e. The van der Waals surface area contributed by atoms with E-state index in [9.17, 15) is 0 Å². The Morgan fingerprint density at radius 3 is 2.82 bits per heavy atom. The monoisotopic (exact) mass is 229 g/mol. The molecule has 0 saturated heterocycles. The summed E-state index contributed by atoms with van der Waals surface area (Å²) in [5.74, 6) is 1.60. The van der Waals surface area contributed by atoms with Gasteiger partial charge in [0.15, 0.2) is 0 Å². The quantitative estimate of drug-likeness (QED) is 0.791. The third kappa shape index (κ3) is 3.20. The number of anilines is 1. The van der Waals surface area contributed by atoms with Gasteiger partial charge in [0.2, 0.25) is 0 Å². The van der Waals surface area contributed by atoms with Crippen LogP contribution in [0.25, 0.3) is 0 Å². The molecule has 2 rings (SSSR count). The van der Waals surface area contributed by atoms with E-state index in [1.807, 2.05) is 12.1 Å². The second kappa shape index (κ2) is 5.67. The molecule has 1 N–H and O–H groups in total. The van der Waals surface area contributed by atoms with Gasteiger partial charge in [0, 0.05) is 12.2 Å². The summed E-state index contributed by atoms with van der Waals surface area (Å²) in [6.07, 6.45) is 8.16. The normalized spacial score (nSPS) is 24.7. The third-order valence-corrected chi connectivity index (χ3v) is 3.59. The van der Waals surface area contributed by atoms with Crippen molar-refractivity contribution < 1.29 is 0 Å². The van der Waals surface area contributed by atoms with Crippen LogP contribution in [-0.4, -0.2) is 11.0 Å². The molecule has 1 aromatic heterocycles. The minimum absolute atomic E-state index is 0.526. The number of hydrogen-bond acceptors (Lipinski definition) is 3. The minimum Gasteiger partial charge on any atom is -0.367 e. The van der Waals surface area contributed by atoms with Crippen LogP contribution in [0.3, 0.4) is 0 Å².